The van der Waals surface area contributed by atoms with Crippen LogP contribution in [0.4, 0.5) is 5.69 Å². The predicted octanol–water partition coefficient (Wildman–Crippen LogP) is 3.57. The van der Waals surface area contributed by atoms with E-state index in [-0.39, 0.29) is 24.0 Å². The number of anilines is 1. The number of benzene rings is 2. The van der Waals surface area contributed by atoms with Gasteiger partial charge in [-0.2, -0.15) is 0 Å². The van der Waals surface area contributed by atoms with Crippen LogP contribution in [0.5, 0.6) is 5.75 Å². The van der Waals surface area contributed by atoms with E-state index in [1.165, 1.54) is 16.8 Å². The number of guanidine groups is 1. The number of hydrogen-bond donors (Lipinski definition) is 2. The summed E-state index contributed by atoms with van der Waals surface area (Å²) in [6.07, 6.45) is 1.11. The fourth-order valence-corrected chi connectivity index (χ4v) is 3.19. The molecule has 0 aromatic heterocycles. The Hall–Kier alpha value is -1.96. The lowest BCUT2D eigenvalue weighted by molar-refractivity contribution is 0.414. The Labute approximate surface area is 179 Å². The molecule has 1 fully saturated rings. The number of rotatable bonds is 5. The van der Waals surface area contributed by atoms with Gasteiger partial charge in [0.05, 0.1) is 7.11 Å². The highest BCUT2D eigenvalue weighted by Gasteiger charge is 2.23. The summed E-state index contributed by atoms with van der Waals surface area (Å²) in [5, 5.41) is 6.93. The monoisotopic (exact) mass is 480 g/mol. The number of ether oxygens (including phenoxy) is 1. The standard InChI is InChI=1S/C21H28N4O.HI/c1-16-4-8-19(9-5-16)25-13-12-18(15-25)24-21(22-2)23-14-17-6-10-20(26-3)11-7-17;/h4-11,18H,12-15H2,1-3H3,(H2,22,23,24);1H. The van der Waals surface area contributed by atoms with Gasteiger partial charge in [0.25, 0.3) is 0 Å². The van der Waals surface area contributed by atoms with Crippen molar-refractivity contribution < 1.29 is 4.74 Å². The smallest absolute Gasteiger partial charge is 0.191 e. The van der Waals surface area contributed by atoms with Gasteiger partial charge in [0, 0.05) is 38.4 Å². The van der Waals surface area contributed by atoms with E-state index in [0.29, 0.717) is 6.04 Å². The Morgan fingerprint density at radius 3 is 2.48 bits per heavy atom. The van der Waals surface area contributed by atoms with Gasteiger partial charge in [0.15, 0.2) is 5.96 Å². The number of methoxy groups -OCH3 is 1. The number of nitrogens with zero attached hydrogens (tertiary/aromatic N) is 2. The molecule has 27 heavy (non-hydrogen) atoms. The molecule has 1 atom stereocenters. The van der Waals surface area contributed by atoms with Gasteiger partial charge in [-0.1, -0.05) is 29.8 Å². The van der Waals surface area contributed by atoms with Crippen molar-refractivity contribution in [3.63, 3.8) is 0 Å². The summed E-state index contributed by atoms with van der Waals surface area (Å²) in [7, 11) is 3.50. The maximum Gasteiger partial charge on any atom is 0.191 e. The van der Waals surface area contributed by atoms with Gasteiger partial charge in [-0.25, -0.2) is 0 Å². The third-order valence-electron chi connectivity index (χ3n) is 4.77. The highest BCUT2D eigenvalue weighted by molar-refractivity contribution is 14.0. The van der Waals surface area contributed by atoms with E-state index < -0.39 is 0 Å². The number of aliphatic imine (C=N–C) groups is 1. The highest BCUT2D eigenvalue weighted by Crippen LogP contribution is 2.20. The zero-order valence-electron chi connectivity index (χ0n) is 16.2. The van der Waals surface area contributed by atoms with E-state index in [0.717, 1.165) is 37.8 Å². The summed E-state index contributed by atoms with van der Waals surface area (Å²) in [5.74, 6) is 1.72. The summed E-state index contributed by atoms with van der Waals surface area (Å²) in [5.41, 5.74) is 3.79. The summed E-state index contributed by atoms with van der Waals surface area (Å²) < 4.78 is 5.20. The molecule has 6 heteroatoms. The Balaban J connectivity index is 0.00000261. The number of hydrogen-bond acceptors (Lipinski definition) is 3. The van der Waals surface area contributed by atoms with E-state index in [2.05, 4.69) is 63.8 Å². The summed E-state index contributed by atoms with van der Waals surface area (Å²) >= 11 is 0. The van der Waals surface area contributed by atoms with Crippen molar-refractivity contribution in [1.29, 1.82) is 0 Å². The number of nitrogens with one attached hydrogen (secondary N) is 2. The molecule has 2 aromatic carbocycles. The Kier molecular flexibility index (Phi) is 8.22. The molecule has 2 aromatic rings. The molecule has 1 aliphatic heterocycles. The topological polar surface area (TPSA) is 48.9 Å². The molecule has 0 bridgehead atoms. The maximum absolute atomic E-state index is 5.20. The van der Waals surface area contributed by atoms with Crippen LogP contribution < -0.4 is 20.3 Å². The molecule has 1 unspecified atom stereocenters. The normalized spacial score (nSPS) is 16.6. The van der Waals surface area contributed by atoms with Crippen LogP contribution in [0.1, 0.15) is 17.5 Å². The predicted molar refractivity (Wildman–Crippen MR) is 124 cm³/mol. The minimum atomic E-state index is 0. The molecule has 0 amide bonds. The van der Waals surface area contributed by atoms with Gasteiger partial charge in [-0.15, -0.1) is 24.0 Å². The molecule has 0 saturated carbocycles. The van der Waals surface area contributed by atoms with Gasteiger partial charge in [-0.3, -0.25) is 4.99 Å². The van der Waals surface area contributed by atoms with Gasteiger partial charge >= 0.3 is 0 Å². The first-order chi connectivity index (χ1) is 12.7. The second-order valence-corrected chi connectivity index (χ2v) is 6.69. The van der Waals surface area contributed by atoms with Gasteiger partial charge in [-0.05, 0) is 43.2 Å². The van der Waals surface area contributed by atoms with Crippen LogP contribution in [0.25, 0.3) is 0 Å². The minimum absolute atomic E-state index is 0. The lowest BCUT2D eigenvalue weighted by atomic mass is 10.2. The first kappa shape index (κ1) is 21.3. The average molecular weight is 480 g/mol. The van der Waals surface area contributed by atoms with Crippen LogP contribution in [0.3, 0.4) is 0 Å². The molecule has 0 radical (unpaired) electrons. The maximum atomic E-state index is 5.20. The second-order valence-electron chi connectivity index (χ2n) is 6.69. The quantitative estimate of drug-likeness (QED) is 0.391. The SMILES string of the molecule is CN=C(NCc1ccc(OC)cc1)NC1CCN(c2ccc(C)cc2)C1.I. The van der Waals surface area contributed by atoms with Crippen molar-refractivity contribution in [2.24, 2.45) is 4.99 Å². The van der Waals surface area contributed by atoms with Crippen molar-refractivity contribution in [3.8, 4) is 5.75 Å². The lowest BCUT2D eigenvalue weighted by Gasteiger charge is -2.20. The van der Waals surface area contributed by atoms with Gasteiger partial charge in [0.1, 0.15) is 5.75 Å². The zero-order valence-corrected chi connectivity index (χ0v) is 18.6. The molecule has 1 aliphatic rings. The summed E-state index contributed by atoms with van der Waals surface area (Å²) in [6.45, 7) is 4.91. The van der Waals surface area contributed by atoms with Crippen molar-refractivity contribution in [2.45, 2.75) is 25.9 Å². The van der Waals surface area contributed by atoms with Gasteiger partial charge in [0.2, 0.25) is 0 Å². The third-order valence-corrected chi connectivity index (χ3v) is 4.77. The average Bonchev–Trinajstić information content (AvgIpc) is 3.14. The number of halogens is 1. The zero-order chi connectivity index (χ0) is 18.4. The van der Waals surface area contributed by atoms with Crippen molar-refractivity contribution in [1.82, 2.24) is 10.6 Å². The highest BCUT2D eigenvalue weighted by atomic mass is 127. The Morgan fingerprint density at radius 1 is 1.15 bits per heavy atom. The first-order valence-electron chi connectivity index (χ1n) is 9.09. The van der Waals surface area contributed by atoms with Crippen molar-refractivity contribution in [2.75, 3.05) is 32.1 Å². The Bertz CT molecular complexity index is 731. The molecule has 2 N–H and O–H groups in total. The van der Waals surface area contributed by atoms with Crippen LogP contribution >= 0.6 is 24.0 Å². The fraction of sp³-hybridized carbons (Fsp3) is 0.381. The van der Waals surface area contributed by atoms with E-state index in [4.69, 9.17) is 4.74 Å². The van der Waals surface area contributed by atoms with Crippen LogP contribution in [0.15, 0.2) is 53.5 Å². The van der Waals surface area contributed by atoms with E-state index >= 15 is 0 Å². The molecule has 0 spiro atoms. The Morgan fingerprint density at radius 2 is 1.85 bits per heavy atom. The molecule has 3 rings (SSSR count). The molecule has 146 valence electrons. The fourth-order valence-electron chi connectivity index (χ4n) is 3.19. The lowest BCUT2D eigenvalue weighted by Crippen LogP contribution is -2.44. The third kappa shape index (κ3) is 6.02. The number of aryl methyl sites for hydroxylation is 1. The van der Waals surface area contributed by atoms with Crippen LogP contribution in [-0.4, -0.2) is 39.2 Å². The van der Waals surface area contributed by atoms with Crippen molar-refractivity contribution in [3.05, 3.63) is 59.7 Å². The molecular formula is C21H29IN4O. The summed E-state index contributed by atoms with van der Waals surface area (Å²) in [4.78, 5) is 6.79. The molecule has 1 saturated heterocycles. The second kappa shape index (κ2) is 10.4. The molecule has 0 aliphatic carbocycles. The summed E-state index contributed by atoms with van der Waals surface area (Å²) in [6, 6.07) is 17.2. The van der Waals surface area contributed by atoms with Crippen LogP contribution in [0, 0.1) is 6.92 Å². The van der Waals surface area contributed by atoms with E-state index in [1.54, 1.807) is 7.11 Å². The molecule has 5 nitrogen and oxygen atoms in total. The van der Waals surface area contributed by atoms with Gasteiger partial charge < -0.3 is 20.3 Å². The molecular weight excluding hydrogens is 451 g/mol. The largest absolute Gasteiger partial charge is 0.497 e. The first-order valence-corrected chi connectivity index (χ1v) is 9.09. The van der Waals surface area contributed by atoms with E-state index in [9.17, 15) is 0 Å². The minimum Gasteiger partial charge on any atom is -0.497 e. The molecule has 1 heterocycles. The van der Waals surface area contributed by atoms with Crippen LogP contribution in [-0.2, 0) is 6.54 Å². The van der Waals surface area contributed by atoms with Crippen LogP contribution in [0.2, 0.25) is 0 Å². The van der Waals surface area contributed by atoms with Crippen molar-refractivity contribution >= 4 is 35.6 Å². The van der Waals surface area contributed by atoms with E-state index in [1.807, 2.05) is 19.2 Å².